The molecule has 1 amide bonds. The van der Waals surface area contributed by atoms with E-state index < -0.39 is 0 Å². The quantitative estimate of drug-likeness (QED) is 0.144. The maximum Gasteiger partial charge on any atom is 0.245 e. The number of aromatic hydroxyl groups is 2. The van der Waals surface area contributed by atoms with Crippen molar-refractivity contribution in [1.29, 1.82) is 0 Å². The van der Waals surface area contributed by atoms with Crippen LogP contribution in [0.25, 0.3) is 33.3 Å². The molecule has 52 heavy (non-hydrogen) atoms. The van der Waals surface area contributed by atoms with Crippen LogP contribution in [0.5, 0.6) is 23.0 Å². The van der Waals surface area contributed by atoms with Crippen LogP contribution in [-0.4, -0.2) is 79.2 Å². The van der Waals surface area contributed by atoms with Gasteiger partial charge in [0.15, 0.2) is 0 Å². The zero-order valence-corrected chi connectivity index (χ0v) is 29.1. The van der Waals surface area contributed by atoms with Crippen LogP contribution < -0.4 is 14.8 Å². The average molecular weight is 701 g/mol. The molecule has 2 aromatic carbocycles. The molecular formula is C41H44N6O5. The van der Waals surface area contributed by atoms with Gasteiger partial charge in [-0.2, -0.15) is 0 Å². The van der Waals surface area contributed by atoms with E-state index in [-0.39, 0.29) is 17.4 Å². The lowest BCUT2D eigenvalue weighted by molar-refractivity contribution is -0.127. The number of carbonyl (C=O) groups excluding carboxylic acids is 1. The van der Waals surface area contributed by atoms with Crippen molar-refractivity contribution in [3.8, 4) is 45.3 Å². The maximum absolute atomic E-state index is 11.7. The third kappa shape index (κ3) is 8.21. The number of ether oxygens (including phenoxy) is 2. The van der Waals surface area contributed by atoms with Crippen molar-refractivity contribution in [2.45, 2.75) is 25.7 Å². The second kappa shape index (κ2) is 16.0. The van der Waals surface area contributed by atoms with E-state index in [9.17, 15) is 15.0 Å². The Morgan fingerprint density at radius 1 is 0.731 bits per heavy atom. The average Bonchev–Trinajstić information content (AvgIpc) is 3.87. The van der Waals surface area contributed by atoms with E-state index in [1.807, 2.05) is 62.6 Å². The van der Waals surface area contributed by atoms with Gasteiger partial charge in [0, 0.05) is 36.6 Å². The minimum atomic E-state index is 0.00179. The molecule has 6 heterocycles. The lowest BCUT2D eigenvalue weighted by Crippen LogP contribution is -2.38. The number of imidazole rings is 2. The Morgan fingerprint density at radius 3 is 1.65 bits per heavy atom. The highest BCUT2D eigenvalue weighted by atomic mass is 16.5. The Kier molecular flexibility index (Phi) is 10.7. The SMILES string of the molecule is C=CC(=O)N1CCC(COc2cc(-c3ccc(O)cc3)cn3cncc23)CC1.Oc1ccc(-c2cc(OCC3CCNCC3)c3cncn3c2)cc1. The fourth-order valence-corrected chi connectivity index (χ4v) is 6.77. The number of amides is 1. The number of nitrogens with zero attached hydrogens (tertiary/aromatic N) is 5. The number of benzene rings is 2. The molecule has 11 heteroatoms. The number of fused-ring (bicyclic) bond motifs is 2. The van der Waals surface area contributed by atoms with Crippen molar-refractivity contribution in [2.75, 3.05) is 39.4 Å². The van der Waals surface area contributed by atoms with Crippen LogP contribution in [0.1, 0.15) is 25.7 Å². The van der Waals surface area contributed by atoms with E-state index in [4.69, 9.17) is 9.47 Å². The van der Waals surface area contributed by atoms with Crippen molar-refractivity contribution in [3.05, 3.63) is 111 Å². The third-order valence-corrected chi connectivity index (χ3v) is 9.88. The van der Waals surface area contributed by atoms with Gasteiger partial charge in [0.2, 0.25) is 5.91 Å². The molecule has 0 spiro atoms. The largest absolute Gasteiger partial charge is 0.508 e. The number of likely N-dealkylation sites (tertiary alicyclic amines) is 1. The van der Waals surface area contributed by atoms with Gasteiger partial charge in [-0.1, -0.05) is 30.8 Å². The second-order valence-electron chi connectivity index (χ2n) is 13.4. The number of phenolic OH excluding ortho intramolecular Hbond substituents is 2. The van der Waals surface area contributed by atoms with E-state index in [1.54, 1.807) is 43.1 Å². The predicted molar refractivity (Wildman–Crippen MR) is 201 cm³/mol. The Bertz CT molecular complexity index is 2110. The van der Waals surface area contributed by atoms with Crippen LogP contribution in [0.15, 0.2) is 111 Å². The first-order valence-corrected chi connectivity index (χ1v) is 17.8. The van der Waals surface area contributed by atoms with Gasteiger partial charge in [-0.05, 0) is 104 Å². The molecule has 4 aromatic heterocycles. The molecular weight excluding hydrogens is 656 g/mol. The van der Waals surface area contributed by atoms with E-state index in [1.165, 1.54) is 6.08 Å². The van der Waals surface area contributed by atoms with Gasteiger partial charge in [0.25, 0.3) is 0 Å². The summed E-state index contributed by atoms with van der Waals surface area (Å²) < 4.78 is 16.3. The highest BCUT2D eigenvalue weighted by Crippen LogP contribution is 2.31. The standard InChI is InChI=1S/C22H23N3O3.C19H21N3O2/c1-2-22(27)24-9-7-16(8-10-24)14-28-21-11-18(13-25-15-23-12-20(21)25)17-3-5-19(26)6-4-17;23-17-3-1-15(2-4-17)16-9-19(18-10-21-13-22(18)11-16)24-12-14-5-7-20-8-6-14/h2-6,11-13,15-16,26H,1,7-10,14H2;1-4,9-11,13-14,20,23H,5-8,12H2. The van der Waals surface area contributed by atoms with Crippen LogP contribution in [0.3, 0.4) is 0 Å². The van der Waals surface area contributed by atoms with Gasteiger partial charge < -0.3 is 38.7 Å². The number of carbonyl (C=O) groups is 1. The molecule has 0 atom stereocenters. The molecule has 11 nitrogen and oxygen atoms in total. The number of hydrogen-bond donors (Lipinski definition) is 3. The Morgan fingerprint density at radius 2 is 1.19 bits per heavy atom. The van der Waals surface area contributed by atoms with Crippen LogP contribution in [-0.2, 0) is 4.79 Å². The van der Waals surface area contributed by atoms with Crippen molar-refractivity contribution >= 4 is 16.9 Å². The molecule has 2 saturated heterocycles. The van der Waals surface area contributed by atoms with Crippen LogP contribution in [0, 0.1) is 11.8 Å². The summed E-state index contributed by atoms with van der Waals surface area (Å²) in [5.74, 6) is 3.17. The van der Waals surface area contributed by atoms with E-state index in [2.05, 4.69) is 27.9 Å². The molecule has 2 aliphatic heterocycles. The molecule has 0 unspecified atom stereocenters. The summed E-state index contributed by atoms with van der Waals surface area (Å²) in [6, 6.07) is 18.4. The third-order valence-electron chi connectivity index (χ3n) is 9.88. The van der Waals surface area contributed by atoms with E-state index in [0.717, 1.165) is 103 Å². The number of aromatic nitrogens is 4. The predicted octanol–water partition coefficient (Wildman–Crippen LogP) is 6.60. The molecule has 6 aromatic rings. The molecule has 2 fully saturated rings. The summed E-state index contributed by atoms with van der Waals surface area (Å²) in [6.45, 7) is 8.53. The summed E-state index contributed by atoms with van der Waals surface area (Å²) in [5, 5.41) is 22.4. The molecule has 0 saturated carbocycles. The number of pyridine rings is 2. The smallest absolute Gasteiger partial charge is 0.245 e. The molecule has 0 radical (unpaired) electrons. The fourth-order valence-electron chi connectivity index (χ4n) is 6.77. The zero-order valence-electron chi connectivity index (χ0n) is 29.1. The van der Waals surface area contributed by atoms with E-state index in [0.29, 0.717) is 18.4 Å². The Hall–Kier alpha value is -5.81. The van der Waals surface area contributed by atoms with E-state index >= 15 is 0 Å². The van der Waals surface area contributed by atoms with Gasteiger partial charge in [-0.25, -0.2) is 9.97 Å². The summed E-state index contributed by atoms with van der Waals surface area (Å²) in [5.41, 5.74) is 5.96. The van der Waals surface area contributed by atoms with Gasteiger partial charge in [-0.3, -0.25) is 4.79 Å². The number of hydrogen-bond acceptors (Lipinski definition) is 8. The van der Waals surface area contributed by atoms with Crippen molar-refractivity contribution < 1.29 is 24.5 Å². The molecule has 8 rings (SSSR count). The summed E-state index contributed by atoms with van der Waals surface area (Å²) in [6.07, 6.45) is 16.7. The van der Waals surface area contributed by atoms with Crippen LogP contribution >= 0.6 is 0 Å². The van der Waals surface area contributed by atoms with Crippen molar-refractivity contribution in [3.63, 3.8) is 0 Å². The summed E-state index contributed by atoms with van der Waals surface area (Å²) in [4.78, 5) is 22.0. The fraction of sp³-hybridized carbons (Fsp3) is 0.293. The van der Waals surface area contributed by atoms with Gasteiger partial charge in [0.1, 0.15) is 34.0 Å². The highest BCUT2D eigenvalue weighted by molar-refractivity contribution is 5.87. The number of nitrogens with one attached hydrogen (secondary N) is 1. The number of phenols is 2. The summed E-state index contributed by atoms with van der Waals surface area (Å²) in [7, 11) is 0. The van der Waals surface area contributed by atoms with Gasteiger partial charge >= 0.3 is 0 Å². The minimum absolute atomic E-state index is 0.00179. The van der Waals surface area contributed by atoms with Crippen molar-refractivity contribution in [2.24, 2.45) is 11.8 Å². The minimum Gasteiger partial charge on any atom is -0.508 e. The Labute approximate surface area is 302 Å². The summed E-state index contributed by atoms with van der Waals surface area (Å²) >= 11 is 0. The normalized spacial score (nSPS) is 15.3. The number of piperidine rings is 2. The van der Waals surface area contributed by atoms with Gasteiger partial charge in [0.05, 0.1) is 38.3 Å². The van der Waals surface area contributed by atoms with Gasteiger partial charge in [-0.15, -0.1) is 0 Å². The first-order valence-electron chi connectivity index (χ1n) is 17.8. The molecule has 268 valence electrons. The second-order valence-corrected chi connectivity index (χ2v) is 13.4. The number of rotatable bonds is 9. The lowest BCUT2D eigenvalue weighted by atomic mass is 9.98. The maximum atomic E-state index is 11.7. The molecule has 0 aliphatic carbocycles. The Balaban J connectivity index is 0.000000164. The molecule has 2 aliphatic rings. The zero-order chi connectivity index (χ0) is 35.9. The lowest BCUT2D eigenvalue weighted by Gasteiger charge is -2.31. The first kappa shape index (κ1) is 34.6. The monoisotopic (exact) mass is 700 g/mol. The van der Waals surface area contributed by atoms with Crippen LogP contribution in [0.2, 0.25) is 0 Å². The molecule has 0 bridgehead atoms. The van der Waals surface area contributed by atoms with Crippen molar-refractivity contribution in [1.82, 2.24) is 29.0 Å². The molecule has 3 N–H and O–H groups in total. The topological polar surface area (TPSA) is 126 Å². The van der Waals surface area contributed by atoms with Crippen LogP contribution in [0.4, 0.5) is 0 Å². The first-order chi connectivity index (χ1) is 25.4. The highest BCUT2D eigenvalue weighted by Gasteiger charge is 2.22.